The van der Waals surface area contributed by atoms with Gasteiger partial charge in [0.05, 0.1) is 12.3 Å². The lowest BCUT2D eigenvalue weighted by Crippen LogP contribution is -2.25. The van der Waals surface area contributed by atoms with E-state index in [1.807, 2.05) is 13.2 Å². The van der Waals surface area contributed by atoms with Crippen LogP contribution < -0.4 is 5.32 Å². The first-order valence-electron chi connectivity index (χ1n) is 7.81. The summed E-state index contributed by atoms with van der Waals surface area (Å²) in [5.74, 6) is 0.966. The predicted octanol–water partition coefficient (Wildman–Crippen LogP) is 4.91. The highest BCUT2D eigenvalue weighted by atomic mass is 16.3. The molecule has 1 aromatic heterocycles. The Morgan fingerprint density at radius 1 is 1.00 bits per heavy atom. The lowest BCUT2D eigenvalue weighted by Gasteiger charge is -2.24. The highest BCUT2D eigenvalue weighted by molar-refractivity contribution is 5.48. The van der Waals surface area contributed by atoms with Crippen LogP contribution in [0.3, 0.4) is 0 Å². The fourth-order valence-corrected chi connectivity index (χ4v) is 2.97. The number of hydrogen-bond acceptors (Lipinski definition) is 2. The molecule has 1 unspecified atom stereocenters. The van der Waals surface area contributed by atoms with Gasteiger partial charge in [0.1, 0.15) is 5.76 Å². The van der Waals surface area contributed by atoms with Crippen LogP contribution in [0.2, 0.25) is 0 Å². The molecule has 2 aromatic rings. The van der Waals surface area contributed by atoms with E-state index in [0.717, 1.165) is 18.7 Å². The van der Waals surface area contributed by atoms with Crippen LogP contribution in [0.5, 0.6) is 0 Å². The van der Waals surface area contributed by atoms with Crippen LogP contribution in [-0.2, 0) is 0 Å². The van der Waals surface area contributed by atoms with Crippen molar-refractivity contribution >= 4 is 0 Å². The van der Waals surface area contributed by atoms with Gasteiger partial charge in [0.2, 0.25) is 0 Å². The molecule has 114 valence electrons. The highest BCUT2D eigenvalue weighted by Crippen LogP contribution is 2.32. The summed E-state index contributed by atoms with van der Waals surface area (Å²) in [6, 6.07) is 4.64. The molecule has 2 heteroatoms. The molecule has 0 aliphatic carbocycles. The monoisotopic (exact) mass is 285 g/mol. The number of benzene rings is 1. The number of hydrogen-bond donors (Lipinski definition) is 1. The minimum Gasteiger partial charge on any atom is -0.469 e. The summed E-state index contributed by atoms with van der Waals surface area (Å²) in [6.45, 7) is 14.1. The van der Waals surface area contributed by atoms with Gasteiger partial charge in [-0.3, -0.25) is 0 Å². The molecule has 0 amide bonds. The molecule has 2 nitrogen and oxygen atoms in total. The molecule has 1 N–H and O–H groups in total. The Labute approximate surface area is 128 Å². The van der Waals surface area contributed by atoms with E-state index in [0.29, 0.717) is 0 Å². The van der Waals surface area contributed by atoms with Gasteiger partial charge >= 0.3 is 0 Å². The molecule has 1 atom stereocenters. The second kappa shape index (κ2) is 6.48. The fraction of sp³-hybridized carbons (Fsp3) is 0.474. The third-order valence-electron chi connectivity index (χ3n) is 4.40. The van der Waals surface area contributed by atoms with Gasteiger partial charge < -0.3 is 9.73 Å². The normalized spacial score (nSPS) is 12.7. The van der Waals surface area contributed by atoms with Crippen molar-refractivity contribution in [2.75, 3.05) is 6.54 Å². The molecule has 0 aliphatic heterocycles. The number of rotatable bonds is 5. The SMILES string of the molecule is CCCNC(c1coc(C)c1)c1c(C)c(C)cc(C)c1C. The van der Waals surface area contributed by atoms with Crippen LogP contribution in [0.1, 0.15) is 58.5 Å². The van der Waals surface area contributed by atoms with Gasteiger partial charge in [0, 0.05) is 5.56 Å². The van der Waals surface area contributed by atoms with Gasteiger partial charge in [-0.25, -0.2) is 0 Å². The van der Waals surface area contributed by atoms with Crippen LogP contribution in [-0.4, -0.2) is 6.54 Å². The summed E-state index contributed by atoms with van der Waals surface area (Å²) in [6.07, 6.45) is 3.01. The van der Waals surface area contributed by atoms with Gasteiger partial charge in [-0.1, -0.05) is 13.0 Å². The Morgan fingerprint density at radius 3 is 2.10 bits per heavy atom. The zero-order valence-electron chi connectivity index (χ0n) is 14.1. The van der Waals surface area contributed by atoms with E-state index >= 15 is 0 Å². The number of nitrogens with one attached hydrogen (secondary N) is 1. The van der Waals surface area contributed by atoms with Crippen molar-refractivity contribution in [2.45, 2.75) is 54.0 Å². The topological polar surface area (TPSA) is 25.2 Å². The molecule has 0 fully saturated rings. The minimum absolute atomic E-state index is 0.209. The smallest absolute Gasteiger partial charge is 0.101 e. The molecule has 0 bridgehead atoms. The van der Waals surface area contributed by atoms with Crippen LogP contribution in [0.15, 0.2) is 22.8 Å². The van der Waals surface area contributed by atoms with E-state index in [1.165, 1.54) is 33.4 Å². The van der Waals surface area contributed by atoms with E-state index in [1.54, 1.807) is 0 Å². The molecule has 0 saturated carbocycles. The van der Waals surface area contributed by atoms with E-state index in [-0.39, 0.29) is 6.04 Å². The molecular formula is C19H27NO. The first-order valence-corrected chi connectivity index (χ1v) is 7.81. The average Bonchev–Trinajstić information content (AvgIpc) is 2.86. The summed E-state index contributed by atoms with van der Waals surface area (Å²) >= 11 is 0. The second-order valence-corrected chi connectivity index (χ2v) is 6.05. The van der Waals surface area contributed by atoms with Crippen molar-refractivity contribution in [3.63, 3.8) is 0 Å². The summed E-state index contributed by atoms with van der Waals surface area (Å²) in [5.41, 5.74) is 8.10. The van der Waals surface area contributed by atoms with Gasteiger partial charge in [-0.2, -0.15) is 0 Å². The maximum atomic E-state index is 5.55. The Morgan fingerprint density at radius 2 is 1.62 bits per heavy atom. The van der Waals surface area contributed by atoms with E-state index in [9.17, 15) is 0 Å². The molecule has 0 aliphatic rings. The standard InChI is InChI=1S/C19H27NO/c1-7-8-20-19(17-10-14(4)21-11-17)18-15(5)12(2)9-13(3)16(18)6/h9-11,19-20H,7-8H2,1-6H3. The van der Waals surface area contributed by atoms with Crippen molar-refractivity contribution in [3.8, 4) is 0 Å². The van der Waals surface area contributed by atoms with Gasteiger partial charge in [-0.05, 0) is 81.5 Å². The Kier molecular flexibility index (Phi) is 4.89. The minimum atomic E-state index is 0.209. The number of aryl methyl sites for hydroxylation is 3. The van der Waals surface area contributed by atoms with E-state index < -0.39 is 0 Å². The molecule has 0 radical (unpaired) electrons. The Hall–Kier alpha value is -1.54. The summed E-state index contributed by atoms with van der Waals surface area (Å²) in [7, 11) is 0. The molecular weight excluding hydrogens is 258 g/mol. The lowest BCUT2D eigenvalue weighted by molar-refractivity contribution is 0.523. The summed E-state index contributed by atoms with van der Waals surface area (Å²) in [5, 5.41) is 3.69. The molecule has 0 saturated heterocycles. The maximum Gasteiger partial charge on any atom is 0.101 e. The highest BCUT2D eigenvalue weighted by Gasteiger charge is 2.21. The Bertz CT molecular complexity index is 598. The quantitative estimate of drug-likeness (QED) is 0.844. The fourth-order valence-electron chi connectivity index (χ4n) is 2.97. The summed E-state index contributed by atoms with van der Waals surface area (Å²) in [4.78, 5) is 0. The van der Waals surface area contributed by atoms with Crippen molar-refractivity contribution in [1.29, 1.82) is 0 Å². The maximum absolute atomic E-state index is 5.55. The second-order valence-electron chi connectivity index (χ2n) is 6.05. The van der Waals surface area contributed by atoms with Crippen LogP contribution in [0, 0.1) is 34.6 Å². The van der Waals surface area contributed by atoms with Crippen LogP contribution in [0.4, 0.5) is 0 Å². The van der Waals surface area contributed by atoms with Crippen LogP contribution >= 0.6 is 0 Å². The van der Waals surface area contributed by atoms with Crippen molar-refractivity contribution in [3.05, 3.63) is 57.5 Å². The first kappa shape index (κ1) is 15.8. The zero-order valence-corrected chi connectivity index (χ0v) is 14.1. The Balaban J connectivity index is 2.56. The first-order chi connectivity index (χ1) is 9.95. The molecule has 21 heavy (non-hydrogen) atoms. The van der Waals surface area contributed by atoms with Gasteiger partial charge in [0.25, 0.3) is 0 Å². The van der Waals surface area contributed by atoms with Crippen molar-refractivity contribution in [2.24, 2.45) is 0 Å². The van der Waals surface area contributed by atoms with E-state index in [2.05, 4.69) is 52.1 Å². The average molecular weight is 285 g/mol. The van der Waals surface area contributed by atoms with Gasteiger partial charge in [0.15, 0.2) is 0 Å². The molecule has 1 aromatic carbocycles. The van der Waals surface area contributed by atoms with Crippen molar-refractivity contribution < 1.29 is 4.42 Å². The lowest BCUT2D eigenvalue weighted by atomic mass is 9.87. The predicted molar refractivity (Wildman–Crippen MR) is 89.0 cm³/mol. The third-order valence-corrected chi connectivity index (χ3v) is 4.40. The molecule has 2 rings (SSSR count). The molecule has 1 heterocycles. The zero-order chi connectivity index (χ0) is 15.6. The number of furan rings is 1. The van der Waals surface area contributed by atoms with Crippen LogP contribution in [0.25, 0.3) is 0 Å². The molecule has 0 spiro atoms. The summed E-state index contributed by atoms with van der Waals surface area (Å²) < 4.78 is 5.55. The van der Waals surface area contributed by atoms with Crippen molar-refractivity contribution in [1.82, 2.24) is 5.32 Å². The third kappa shape index (κ3) is 3.21. The van der Waals surface area contributed by atoms with Gasteiger partial charge in [-0.15, -0.1) is 0 Å². The largest absolute Gasteiger partial charge is 0.469 e. The van der Waals surface area contributed by atoms with E-state index in [4.69, 9.17) is 4.42 Å².